The standard InChI is InChI=1S/C9H10N3P/c1-13-7-6-12-9-5-3-2-4-8(9)10-11-12/h2-5H,1,6-7H2. The highest BCUT2D eigenvalue weighted by molar-refractivity contribution is 7.36. The molecular formula is C9H10N3P. The number of aryl methyl sites for hydroxylation is 1. The molecule has 0 saturated heterocycles. The van der Waals surface area contributed by atoms with Crippen LogP contribution in [0.15, 0.2) is 24.3 Å². The molecule has 2 aromatic rings. The Morgan fingerprint density at radius 2 is 2.23 bits per heavy atom. The number of hydrogen-bond acceptors (Lipinski definition) is 2. The molecule has 0 radical (unpaired) electrons. The van der Waals surface area contributed by atoms with Crippen molar-refractivity contribution in [2.24, 2.45) is 0 Å². The van der Waals surface area contributed by atoms with Crippen LogP contribution < -0.4 is 0 Å². The Hall–Kier alpha value is -1.21. The van der Waals surface area contributed by atoms with E-state index in [0.29, 0.717) is 0 Å². The van der Waals surface area contributed by atoms with Crippen LogP contribution in [-0.2, 0) is 6.54 Å². The molecule has 0 fully saturated rings. The van der Waals surface area contributed by atoms with Gasteiger partial charge in [0.15, 0.2) is 0 Å². The van der Waals surface area contributed by atoms with Gasteiger partial charge in [0, 0.05) is 6.16 Å². The first-order valence-corrected chi connectivity index (χ1v) is 5.39. The van der Waals surface area contributed by atoms with E-state index >= 15 is 0 Å². The molecule has 0 unspecified atom stereocenters. The third-order valence-electron chi connectivity index (χ3n) is 1.89. The van der Waals surface area contributed by atoms with Crippen LogP contribution in [0.3, 0.4) is 0 Å². The summed E-state index contributed by atoms with van der Waals surface area (Å²) in [5.41, 5.74) is 2.06. The van der Waals surface area contributed by atoms with Gasteiger partial charge in [-0.2, -0.15) is 0 Å². The molecule has 0 aliphatic carbocycles. The van der Waals surface area contributed by atoms with Crippen LogP contribution in [0.25, 0.3) is 11.0 Å². The van der Waals surface area contributed by atoms with Gasteiger partial charge in [-0.25, -0.2) is 4.68 Å². The van der Waals surface area contributed by atoms with Gasteiger partial charge in [0.2, 0.25) is 0 Å². The molecule has 3 nitrogen and oxygen atoms in total. The van der Waals surface area contributed by atoms with E-state index in [1.807, 2.05) is 28.9 Å². The molecule has 66 valence electrons. The van der Waals surface area contributed by atoms with Crippen molar-refractivity contribution >= 4 is 25.5 Å². The zero-order chi connectivity index (χ0) is 9.10. The SMILES string of the molecule is C=PCCn1nnc2ccccc21. The van der Waals surface area contributed by atoms with Crippen molar-refractivity contribution in [3.8, 4) is 0 Å². The van der Waals surface area contributed by atoms with Crippen LogP contribution in [0.4, 0.5) is 0 Å². The van der Waals surface area contributed by atoms with E-state index in [-0.39, 0.29) is 0 Å². The van der Waals surface area contributed by atoms with Gasteiger partial charge >= 0.3 is 0 Å². The van der Waals surface area contributed by atoms with Crippen molar-refractivity contribution in [1.82, 2.24) is 15.0 Å². The number of para-hydroxylation sites is 1. The third kappa shape index (κ3) is 1.61. The van der Waals surface area contributed by atoms with Crippen molar-refractivity contribution in [3.63, 3.8) is 0 Å². The Labute approximate surface area is 78.2 Å². The van der Waals surface area contributed by atoms with Crippen molar-refractivity contribution in [2.45, 2.75) is 6.54 Å². The molecule has 0 aliphatic rings. The Bertz CT molecular complexity index is 421. The minimum atomic E-state index is 0.894. The summed E-state index contributed by atoms with van der Waals surface area (Å²) >= 11 is 0. The van der Waals surface area contributed by atoms with Gasteiger partial charge in [0.25, 0.3) is 0 Å². The van der Waals surface area contributed by atoms with Crippen molar-refractivity contribution in [3.05, 3.63) is 24.3 Å². The fraction of sp³-hybridized carbons (Fsp3) is 0.222. The molecule has 0 spiro atoms. The summed E-state index contributed by atoms with van der Waals surface area (Å²) in [5.74, 6) is 0. The van der Waals surface area contributed by atoms with Crippen LogP contribution in [0.5, 0.6) is 0 Å². The molecule has 0 atom stereocenters. The highest BCUT2D eigenvalue weighted by Crippen LogP contribution is 2.09. The van der Waals surface area contributed by atoms with Gasteiger partial charge in [-0.3, -0.25) is 0 Å². The van der Waals surface area contributed by atoms with Gasteiger partial charge in [-0.15, -0.1) is 13.3 Å². The largest absolute Gasteiger partial charge is 0.244 e. The molecule has 0 bridgehead atoms. The van der Waals surface area contributed by atoms with Crippen LogP contribution in [-0.4, -0.2) is 27.5 Å². The van der Waals surface area contributed by atoms with Crippen LogP contribution in [0.1, 0.15) is 0 Å². The number of nitrogens with zero attached hydrogens (tertiary/aromatic N) is 3. The zero-order valence-corrected chi connectivity index (χ0v) is 8.11. The Kier molecular flexibility index (Phi) is 2.37. The zero-order valence-electron chi connectivity index (χ0n) is 7.22. The van der Waals surface area contributed by atoms with Crippen LogP contribution in [0.2, 0.25) is 0 Å². The molecule has 1 aromatic carbocycles. The topological polar surface area (TPSA) is 30.7 Å². The Morgan fingerprint density at radius 3 is 3.08 bits per heavy atom. The number of fused-ring (bicyclic) bond motifs is 1. The lowest BCUT2D eigenvalue weighted by atomic mass is 10.3. The predicted molar refractivity (Wildman–Crippen MR) is 56.4 cm³/mol. The van der Waals surface area contributed by atoms with Crippen molar-refractivity contribution in [2.75, 3.05) is 6.16 Å². The van der Waals surface area contributed by atoms with Gasteiger partial charge in [0.1, 0.15) is 5.52 Å². The van der Waals surface area contributed by atoms with E-state index < -0.39 is 0 Å². The van der Waals surface area contributed by atoms with E-state index in [4.69, 9.17) is 0 Å². The van der Waals surface area contributed by atoms with E-state index in [0.717, 1.165) is 31.9 Å². The summed E-state index contributed by atoms with van der Waals surface area (Å²) in [6.07, 6.45) is 4.80. The Balaban J connectivity index is 2.40. The van der Waals surface area contributed by atoms with E-state index in [9.17, 15) is 0 Å². The van der Waals surface area contributed by atoms with Crippen molar-refractivity contribution < 1.29 is 0 Å². The molecule has 0 N–H and O–H groups in total. The molecule has 0 amide bonds. The first-order chi connectivity index (χ1) is 6.42. The molecular weight excluding hydrogens is 181 g/mol. The Morgan fingerprint density at radius 1 is 1.38 bits per heavy atom. The second-order valence-corrected chi connectivity index (χ2v) is 3.64. The summed E-state index contributed by atoms with van der Waals surface area (Å²) in [6.45, 7) is 0.894. The summed E-state index contributed by atoms with van der Waals surface area (Å²) in [4.78, 5) is 0. The summed E-state index contributed by atoms with van der Waals surface area (Å²) < 4.78 is 1.92. The highest BCUT2D eigenvalue weighted by atomic mass is 31.1. The van der Waals surface area contributed by atoms with Gasteiger partial charge in [-0.1, -0.05) is 23.6 Å². The highest BCUT2D eigenvalue weighted by Gasteiger charge is 2.00. The number of aromatic nitrogens is 3. The molecule has 13 heavy (non-hydrogen) atoms. The maximum atomic E-state index is 4.07. The molecule has 0 saturated carbocycles. The second-order valence-electron chi connectivity index (χ2n) is 2.75. The fourth-order valence-electron chi connectivity index (χ4n) is 1.25. The average molecular weight is 191 g/mol. The van der Waals surface area contributed by atoms with E-state index in [2.05, 4.69) is 16.6 Å². The van der Waals surface area contributed by atoms with Gasteiger partial charge in [-0.05, 0) is 12.1 Å². The minimum absolute atomic E-state index is 0.894. The van der Waals surface area contributed by atoms with Crippen LogP contribution >= 0.6 is 8.20 Å². The van der Waals surface area contributed by atoms with Crippen LogP contribution in [0, 0.1) is 0 Å². The van der Waals surface area contributed by atoms with Gasteiger partial charge in [0.05, 0.1) is 12.1 Å². The fourth-order valence-corrected chi connectivity index (χ4v) is 1.58. The summed E-state index contributed by atoms with van der Waals surface area (Å²) in [7, 11) is 1.15. The second kappa shape index (κ2) is 3.67. The number of hydrogen-bond donors (Lipinski definition) is 0. The normalized spacial score (nSPS) is 11.1. The lowest BCUT2D eigenvalue weighted by Gasteiger charge is -1.97. The molecule has 0 aliphatic heterocycles. The third-order valence-corrected chi connectivity index (χ3v) is 2.41. The average Bonchev–Trinajstić information content (AvgIpc) is 2.58. The maximum Gasteiger partial charge on any atom is 0.113 e. The molecule has 4 heteroatoms. The lowest BCUT2D eigenvalue weighted by molar-refractivity contribution is 0.652. The number of rotatable bonds is 3. The number of benzene rings is 1. The monoisotopic (exact) mass is 191 g/mol. The molecule has 1 aromatic heterocycles. The minimum Gasteiger partial charge on any atom is -0.244 e. The van der Waals surface area contributed by atoms with E-state index in [1.165, 1.54) is 0 Å². The van der Waals surface area contributed by atoms with Crippen molar-refractivity contribution in [1.29, 1.82) is 0 Å². The smallest absolute Gasteiger partial charge is 0.113 e. The van der Waals surface area contributed by atoms with E-state index in [1.54, 1.807) is 0 Å². The maximum absolute atomic E-state index is 4.07. The first-order valence-electron chi connectivity index (χ1n) is 4.12. The quantitative estimate of drug-likeness (QED) is 0.692. The van der Waals surface area contributed by atoms with Gasteiger partial charge < -0.3 is 0 Å². The summed E-state index contributed by atoms with van der Waals surface area (Å²) in [5, 5.41) is 8.13. The first kappa shape index (κ1) is 8.39. The summed E-state index contributed by atoms with van der Waals surface area (Å²) in [6, 6.07) is 7.99. The molecule has 2 rings (SSSR count). The predicted octanol–water partition coefficient (Wildman–Crippen LogP) is 1.81. The molecule has 1 heterocycles. The lowest BCUT2D eigenvalue weighted by Crippen LogP contribution is -2.00.